The predicted molar refractivity (Wildman–Crippen MR) is 84.4 cm³/mol. The molecule has 1 aliphatic heterocycles. The summed E-state index contributed by atoms with van der Waals surface area (Å²) in [5, 5.41) is 9.31. The standard InChI is InChI=1S/C16H25NO2S/c1-13-4-6-15(7-5-13)20-9-8-17-10-14(11-18)19-16(2,3)12-17/h4-7,14,18H,8-12H2,1-3H3. The Hall–Kier alpha value is -0.550. The zero-order chi connectivity index (χ0) is 14.6. The van der Waals surface area contributed by atoms with Crippen LogP contribution in [-0.2, 0) is 4.74 Å². The molecule has 20 heavy (non-hydrogen) atoms. The number of hydrogen-bond acceptors (Lipinski definition) is 4. The van der Waals surface area contributed by atoms with Crippen LogP contribution < -0.4 is 0 Å². The maximum Gasteiger partial charge on any atom is 0.0940 e. The van der Waals surface area contributed by atoms with Gasteiger partial charge >= 0.3 is 0 Å². The highest BCUT2D eigenvalue weighted by atomic mass is 32.2. The largest absolute Gasteiger partial charge is 0.394 e. The normalized spacial score (nSPS) is 22.9. The maximum absolute atomic E-state index is 9.31. The zero-order valence-electron chi connectivity index (χ0n) is 12.6. The Bertz CT molecular complexity index is 419. The predicted octanol–water partition coefficient (Wildman–Crippen LogP) is 2.56. The van der Waals surface area contributed by atoms with E-state index in [-0.39, 0.29) is 18.3 Å². The third kappa shape index (κ3) is 4.77. The third-order valence-electron chi connectivity index (χ3n) is 3.45. The van der Waals surface area contributed by atoms with Crippen molar-refractivity contribution in [2.24, 2.45) is 0 Å². The van der Waals surface area contributed by atoms with E-state index < -0.39 is 0 Å². The van der Waals surface area contributed by atoms with Gasteiger partial charge in [-0.2, -0.15) is 0 Å². The minimum atomic E-state index is -0.166. The van der Waals surface area contributed by atoms with E-state index in [9.17, 15) is 5.11 Å². The van der Waals surface area contributed by atoms with Crippen molar-refractivity contribution in [1.82, 2.24) is 4.90 Å². The van der Waals surface area contributed by atoms with Crippen molar-refractivity contribution < 1.29 is 9.84 Å². The summed E-state index contributed by atoms with van der Waals surface area (Å²) in [6.07, 6.45) is -0.0527. The van der Waals surface area contributed by atoms with Crippen molar-refractivity contribution in [3.63, 3.8) is 0 Å². The molecule has 1 unspecified atom stereocenters. The number of aryl methyl sites for hydroxylation is 1. The number of benzene rings is 1. The lowest BCUT2D eigenvalue weighted by Gasteiger charge is -2.42. The highest BCUT2D eigenvalue weighted by Gasteiger charge is 2.32. The van der Waals surface area contributed by atoms with E-state index in [0.717, 1.165) is 25.4 Å². The molecule has 0 aromatic heterocycles. The lowest BCUT2D eigenvalue weighted by atomic mass is 10.1. The molecule has 3 nitrogen and oxygen atoms in total. The van der Waals surface area contributed by atoms with E-state index in [1.807, 2.05) is 11.8 Å². The molecule has 112 valence electrons. The highest BCUT2D eigenvalue weighted by Crippen LogP contribution is 2.23. The second-order valence-electron chi connectivity index (χ2n) is 6.08. The second-order valence-corrected chi connectivity index (χ2v) is 7.25. The molecule has 1 saturated heterocycles. The monoisotopic (exact) mass is 295 g/mol. The van der Waals surface area contributed by atoms with Gasteiger partial charge in [-0.25, -0.2) is 0 Å². The van der Waals surface area contributed by atoms with E-state index in [4.69, 9.17) is 4.74 Å². The Morgan fingerprint density at radius 3 is 2.70 bits per heavy atom. The molecule has 1 aromatic carbocycles. The van der Waals surface area contributed by atoms with Crippen LogP contribution in [0.3, 0.4) is 0 Å². The summed E-state index contributed by atoms with van der Waals surface area (Å²) in [4.78, 5) is 3.72. The first-order valence-electron chi connectivity index (χ1n) is 7.19. The first kappa shape index (κ1) is 15.8. The smallest absolute Gasteiger partial charge is 0.0940 e. The van der Waals surface area contributed by atoms with Crippen LogP contribution in [0.2, 0.25) is 0 Å². The first-order chi connectivity index (χ1) is 9.48. The Morgan fingerprint density at radius 2 is 2.05 bits per heavy atom. The van der Waals surface area contributed by atoms with Crippen LogP contribution in [0.4, 0.5) is 0 Å². The molecule has 4 heteroatoms. The van der Waals surface area contributed by atoms with Crippen LogP contribution in [0.25, 0.3) is 0 Å². The van der Waals surface area contributed by atoms with Crippen LogP contribution in [0.1, 0.15) is 19.4 Å². The molecule has 1 atom stereocenters. The number of ether oxygens (including phenoxy) is 1. The van der Waals surface area contributed by atoms with Gasteiger partial charge in [0.25, 0.3) is 0 Å². The van der Waals surface area contributed by atoms with E-state index in [0.29, 0.717) is 0 Å². The molecule has 1 aromatic rings. The van der Waals surface area contributed by atoms with Crippen LogP contribution in [0.15, 0.2) is 29.2 Å². The number of aliphatic hydroxyl groups excluding tert-OH is 1. The Kier molecular flexibility index (Phi) is 5.49. The number of nitrogens with zero attached hydrogens (tertiary/aromatic N) is 1. The van der Waals surface area contributed by atoms with Crippen molar-refractivity contribution in [3.05, 3.63) is 29.8 Å². The summed E-state index contributed by atoms with van der Waals surface area (Å²) < 4.78 is 5.83. The molecule has 1 aliphatic rings. The molecule has 2 rings (SSSR count). The van der Waals surface area contributed by atoms with Crippen LogP contribution in [0, 0.1) is 6.92 Å². The first-order valence-corrected chi connectivity index (χ1v) is 8.17. The number of thioether (sulfide) groups is 1. The molecule has 1 fully saturated rings. The minimum absolute atomic E-state index is 0.0527. The molecule has 0 bridgehead atoms. The molecule has 0 aliphatic carbocycles. The van der Waals surface area contributed by atoms with E-state index in [2.05, 4.69) is 49.9 Å². The van der Waals surface area contributed by atoms with Gasteiger partial charge in [0.05, 0.1) is 18.3 Å². The lowest BCUT2D eigenvalue weighted by Crippen LogP contribution is -2.54. The molecule has 0 radical (unpaired) electrons. The Labute approximate surface area is 126 Å². The summed E-state index contributed by atoms with van der Waals surface area (Å²) in [7, 11) is 0. The summed E-state index contributed by atoms with van der Waals surface area (Å²) in [6, 6.07) is 8.67. The molecule has 0 amide bonds. The lowest BCUT2D eigenvalue weighted by molar-refractivity contribution is -0.147. The van der Waals surface area contributed by atoms with Crippen molar-refractivity contribution in [2.45, 2.75) is 37.4 Å². The molecule has 0 saturated carbocycles. The van der Waals surface area contributed by atoms with E-state index >= 15 is 0 Å². The average molecular weight is 295 g/mol. The van der Waals surface area contributed by atoms with Gasteiger partial charge in [0.2, 0.25) is 0 Å². The molecular formula is C16H25NO2S. The molecule has 0 spiro atoms. The van der Waals surface area contributed by atoms with Crippen molar-refractivity contribution in [3.8, 4) is 0 Å². The van der Waals surface area contributed by atoms with Gasteiger partial charge in [0.1, 0.15) is 0 Å². The second kappa shape index (κ2) is 6.94. The van der Waals surface area contributed by atoms with E-state index in [1.165, 1.54) is 10.5 Å². The number of hydrogen-bond donors (Lipinski definition) is 1. The fourth-order valence-electron chi connectivity index (χ4n) is 2.61. The summed E-state index contributed by atoms with van der Waals surface area (Å²) in [5.41, 5.74) is 1.13. The van der Waals surface area contributed by atoms with Gasteiger partial charge in [0, 0.05) is 30.3 Å². The topological polar surface area (TPSA) is 32.7 Å². The van der Waals surface area contributed by atoms with Gasteiger partial charge in [-0.15, -0.1) is 11.8 Å². The van der Waals surface area contributed by atoms with Gasteiger partial charge < -0.3 is 9.84 Å². The molecule has 1 heterocycles. The van der Waals surface area contributed by atoms with Crippen molar-refractivity contribution in [1.29, 1.82) is 0 Å². The molecular weight excluding hydrogens is 270 g/mol. The van der Waals surface area contributed by atoms with Crippen LogP contribution in [-0.4, -0.2) is 53.7 Å². The average Bonchev–Trinajstić information content (AvgIpc) is 2.39. The third-order valence-corrected chi connectivity index (χ3v) is 4.44. The minimum Gasteiger partial charge on any atom is -0.394 e. The number of aliphatic hydroxyl groups is 1. The fraction of sp³-hybridized carbons (Fsp3) is 0.625. The summed E-state index contributed by atoms with van der Waals surface area (Å²) in [5.74, 6) is 1.07. The summed E-state index contributed by atoms with van der Waals surface area (Å²) in [6.45, 7) is 9.18. The fourth-order valence-corrected chi connectivity index (χ4v) is 3.52. The maximum atomic E-state index is 9.31. The van der Waals surface area contributed by atoms with Crippen molar-refractivity contribution >= 4 is 11.8 Å². The van der Waals surface area contributed by atoms with Crippen molar-refractivity contribution in [2.75, 3.05) is 32.0 Å². The van der Waals surface area contributed by atoms with Crippen LogP contribution in [0.5, 0.6) is 0 Å². The van der Waals surface area contributed by atoms with Gasteiger partial charge in [0.15, 0.2) is 0 Å². The number of morpholine rings is 1. The Balaban J connectivity index is 1.79. The van der Waals surface area contributed by atoms with Gasteiger partial charge in [-0.05, 0) is 32.9 Å². The molecule has 1 N–H and O–H groups in total. The van der Waals surface area contributed by atoms with Gasteiger partial charge in [-0.1, -0.05) is 17.7 Å². The quantitative estimate of drug-likeness (QED) is 0.846. The van der Waals surface area contributed by atoms with E-state index in [1.54, 1.807) is 0 Å². The highest BCUT2D eigenvalue weighted by molar-refractivity contribution is 7.99. The SMILES string of the molecule is Cc1ccc(SCCN2CC(CO)OC(C)(C)C2)cc1. The summed E-state index contributed by atoms with van der Waals surface area (Å²) >= 11 is 1.89. The number of rotatable bonds is 5. The Morgan fingerprint density at radius 1 is 1.35 bits per heavy atom. The zero-order valence-corrected chi connectivity index (χ0v) is 13.4. The van der Waals surface area contributed by atoms with Gasteiger partial charge in [-0.3, -0.25) is 4.90 Å². The van der Waals surface area contributed by atoms with Crippen LogP contribution >= 0.6 is 11.8 Å².